The van der Waals surface area contributed by atoms with Crippen LogP contribution in [0.25, 0.3) is 10.9 Å². The summed E-state index contributed by atoms with van der Waals surface area (Å²) in [7, 11) is 0. The lowest BCUT2D eigenvalue weighted by Crippen LogP contribution is -2.35. The van der Waals surface area contributed by atoms with E-state index in [0.717, 1.165) is 5.92 Å². The maximum Gasteiger partial charge on any atom is 0.0458 e. The largest absolute Gasteiger partial charge is 0.358 e. The molecule has 102 valence electrons. The summed E-state index contributed by atoms with van der Waals surface area (Å²) >= 11 is 0. The van der Waals surface area contributed by atoms with Crippen molar-refractivity contribution in [3.8, 4) is 0 Å². The van der Waals surface area contributed by atoms with E-state index in [-0.39, 0.29) is 0 Å². The molecule has 0 unspecified atom stereocenters. The van der Waals surface area contributed by atoms with E-state index in [1.54, 1.807) is 0 Å². The second-order valence-electron chi connectivity index (χ2n) is 6.07. The van der Waals surface area contributed by atoms with Crippen LogP contribution in [-0.4, -0.2) is 29.5 Å². The summed E-state index contributed by atoms with van der Waals surface area (Å²) in [5.74, 6) is 0.873. The van der Waals surface area contributed by atoms with Gasteiger partial charge in [0.1, 0.15) is 0 Å². The van der Waals surface area contributed by atoms with Crippen LogP contribution in [0.15, 0.2) is 24.3 Å². The zero-order chi connectivity index (χ0) is 13.2. The summed E-state index contributed by atoms with van der Waals surface area (Å²) in [6.07, 6.45) is 3.94. The molecule has 1 atom stereocenters. The van der Waals surface area contributed by atoms with Gasteiger partial charge in [-0.25, -0.2) is 0 Å². The van der Waals surface area contributed by atoms with E-state index in [2.05, 4.69) is 48.0 Å². The summed E-state index contributed by atoms with van der Waals surface area (Å²) in [5.41, 5.74) is 4.13. The third-order valence-corrected chi connectivity index (χ3v) is 4.45. The summed E-state index contributed by atoms with van der Waals surface area (Å²) in [4.78, 5) is 6.14. The number of para-hydroxylation sites is 1. The fraction of sp³-hybridized carbons (Fsp3) is 0.529. The zero-order valence-electron chi connectivity index (χ0n) is 12.1. The van der Waals surface area contributed by atoms with Gasteiger partial charge in [-0.2, -0.15) is 0 Å². The fourth-order valence-electron chi connectivity index (χ4n) is 3.42. The first-order valence-electron chi connectivity index (χ1n) is 7.52. The van der Waals surface area contributed by atoms with Gasteiger partial charge < -0.3 is 9.88 Å². The highest BCUT2D eigenvalue weighted by molar-refractivity contribution is 5.84. The third-order valence-electron chi connectivity index (χ3n) is 4.45. The lowest BCUT2D eigenvalue weighted by molar-refractivity contribution is 0.186. The molecule has 1 aromatic carbocycles. The highest BCUT2D eigenvalue weighted by atomic mass is 15.1. The van der Waals surface area contributed by atoms with Crippen molar-refractivity contribution in [3.63, 3.8) is 0 Å². The molecular formula is C17H24N2. The van der Waals surface area contributed by atoms with Gasteiger partial charge in [0.25, 0.3) is 0 Å². The number of piperidine rings is 1. The summed E-state index contributed by atoms with van der Waals surface area (Å²) in [6, 6.07) is 8.66. The standard InChI is InChI=1S/C17H24N2/c1-13-6-5-10-19(12-13)11-9-15-14(2)18-17-8-4-3-7-16(15)17/h3-4,7-8,13,18H,5-6,9-12H2,1-2H3/t13-/m1/s1. The van der Waals surface area contributed by atoms with Crippen molar-refractivity contribution in [2.75, 3.05) is 19.6 Å². The lowest BCUT2D eigenvalue weighted by atomic mass is 9.99. The van der Waals surface area contributed by atoms with Crippen molar-refractivity contribution in [2.24, 2.45) is 5.92 Å². The number of aromatic amines is 1. The second-order valence-corrected chi connectivity index (χ2v) is 6.07. The Hall–Kier alpha value is -1.28. The molecule has 3 rings (SSSR count). The molecule has 0 saturated carbocycles. The predicted molar refractivity (Wildman–Crippen MR) is 81.6 cm³/mol. The Balaban J connectivity index is 1.73. The Kier molecular flexibility index (Phi) is 3.61. The number of likely N-dealkylation sites (tertiary alicyclic amines) is 1. The molecule has 1 aliphatic rings. The minimum Gasteiger partial charge on any atom is -0.358 e. The molecule has 2 heteroatoms. The smallest absolute Gasteiger partial charge is 0.0458 e. The zero-order valence-corrected chi connectivity index (χ0v) is 12.1. The van der Waals surface area contributed by atoms with Crippen LogP contribution in [0, 0.1) is 12.8 Å². The van der Waals surface area contributed by atoms with Crippen molar-refractivity contribution in [1.82, 2.24) is 9.88 Å². The number of fused-ring (bicyclic) bond motifs is 1. The first-order chi connectivity index (χ1) is 9.24. The average molecular weight is 256 g/mol. The number of H-pyrrole nitrogens is 1. The van der Waals surface area contributed by atoms with E-state index in [1.165, 1.54) is 61.1 Å². The first-order valence-corrected chi connectivity index (χ1v) is 7.52. The number of nitrogens with one attached hydrogen (secondary N) is 1. The summed E-state index contributed by atoms with van der Waals surface area (Å²) in [6.45, 7) is 8.34. The topological polar surface area (TPSA) is 19.0 Å². The third kappa shape index (κ3) is 2.69. The SMILES string of the molecule is Cc1[nH]c2ccccc2c1CCN1CCC[C@@H](C)C1. The lowest BCUT2D eigenvalue weighted by Gasteiger charge is -2.30. The highest BCUT2D eigenvalue weighted by Gasteiger charge is 2.16. The molecule has 0 radical (unpaired) electrons. The van der Waals surface area contributed by atoms with Crippen LogP contribution < -0.4 is 0 Å². The van der Waals surface area contributed by atoms with Crippen molar-refractivity contribution in [3.05, 3.63) is 35.5 Å². The van der Waals surface area contributed by atoms with Crippen molar-refractivity contribution in [1.29, 1.82) is 0 Å². The van der Waals surface area contributed by atoms with E-state index in [4.69, 9.17) is 0 Å². The quantitative estimate of drug-likeness (QED) is 0.886. The molecule has 0 aliphatic carbocycles. The molecule has 1 fully saturated rings. The van der Waals surface area contributed by atoms with Gasteiger partial charge in [0.05, 0.1) is 0 Å². The average Bonchev–Trinajstić information content (AvgIpc) is 2.72. The molecule has 2 aromatic rings. The van der Waals surface area contributed by atoms with Crippen molar-refractivity contribution in [2.45, 2.75) is 33.1 Å². The van der Waals surface area contributed by atoms with Crippen LogP contribution >= 0.6 is 0 Å². The van der Waals surface area contributed by atoms with Gasteiger partial charge in [0, 0.05) is 29.7 Å². The maximum atomic E-state index is 3.51. The van der Waals surface area contributed by atoms with Gasteiger partial charge in [0.2, 0.25) is 0 Å². The van der Waals surface area contributed by atoms with Crippen LogP contribution in [-0.2, 0) is 6.42 Å². The van der Waals surface area contributed by atoms with Gasteiger partial charge >= 0.3 is 0 Å². The molecule has 2 nitrogen and oxygen atoms in total. The highest BCUT2D eigenvalue weighted by Crippen LogP contribution is 2.23. The van der Waals surface area contributed by atoms with Crippen LogP contribution in [0.1, 0.15) is 31.0 Å². The van der Waals surface area contributed by atoms with E-state index in [9.17, 15) is 0 Å². The van der Waals surface area contributed by atoms with Gasteiger partial charge in [0.15, 0.2) is 0 Å². The summed E-state index contributed by atoms with van der Waals surface area (Å²) < 4.78 is 0. The Bertz CT molecular complexity index is 555. The van der Waals surface area contributed by atoms with Gasteiger partial charge in [-0.15, -0.1) is 0 Å². The predicted octanol–water partition coefficient (Wildman–Crippen LogP) is 3.75. The summed E-state index contributed by atoms with van der Waals surface area (Å²) in [5, 5.41) is 1.41. The Labute approximate surface area is 115 Å². The van der Waals surface area contributed by atoms with Crippen LogP contribution in [0.5, 0.6) is 0 Å². The molecule has 1 aromatic heterocycles. The Morgan fingerprint density at radius 2 is 2.16 bits per heavy atom. The van der Waals surface area contributed by atoms with Crippen LogP contribution in [0.4, 0.5) is 0 Å². The van der Waals surface area contributed by atoms with Gasteiger partial charge in [-0.05, 0) is 50.3 Å². The fourth-order valence-corrected chi connectivity index (χ4v) is 3.42. The molecule has 2 heterocycles. The van der Waals surface area contributed by atoms with E-state index in [0.29, 0.717) is 0 Å². The molecule has 1 saturated heterocycles. The minimum absolute atomic E-state index is 0.873. The number of nitrogens with zero attached hydrogens (tertiary/aromatic N) is 1. The number of aryl methyl sites for hydroxylation is 1. The number of benzene rings is 1. The second kappa shape index (κ2) is 5.38. The van der Waals surface area contributed by atoms with Gasteiger partial charge in [-0.1, -0.05) is 25.1 Å². The van der Waals surface area contributed by atoms with Gasteiger partial charge in [-0.3, -0.25) is 0 Å². The number of hydrogen-bond acceptors (Lipinski definition) is 1. The molecule has 1 N–H and O–H groups in total. The maximum absolute atomic E-state index is 3.51. The van der Waals surface area contributed by atoms with E-state index in [1.807, 2.05) is 0 Å². The molecule has 0 bridgehead atoms. The molecular weight excluding hydrogens is 232 g/mol. The van der Waals surface area contributed by atoms with E-state index < -0.39 is 0 Å². The molecule has 1 aliphatic heterocycles. The molecule has 0 spiro atoms. The molecule has 0 amide bonds. The number of aromatic nitrogens is 1. The Morgan fingerprint density at radius 3 is 3.00 bits per heavy atom. The Morgan fingerprint density at radius 1 is 1.32 bits per heavy atom. The number of rotatable bonds is 3. The van der Waals surface area contributed by atoms with Crippen LogP contribution in [0.3, 0.4) is 0 Å². The van der Waals surface area contributed by atoms with E-state index >= 15 is 0 Å². The number of hydrogen-bond donors (Lipinski definition) is 1. The van der Waals surface area contributed by atoms with Crippen molar-refractivity contribution < 1.29 is 0 Å². The van der Waals surface area contributed by atoms with Crippen molar-refractivity contribution >= 4 is 10.9 Å². The minimum atomic E-state index is 0.873. The molecule has 19 heavy (non-hydrogen) atoms. The monoisotopic (exact) mass is 256 g/mol. The van der Waals surface area contributed by atoms with Crippen LogP contribution in [0.2, 0.25) is 0 Å². The first kappa shape index (κ1) is 12.7. The normalized spacial score (nSPS) is 21.1.